The first-order valence-electron chi connectivity index (χ1n) is 5.89. The number of aromatic hydroxyl groups is 1. The first kappa shape index (κ1) is 15.6. The predicted octanol–water partition coefficient (Wildman–Crippen LogP) is 0.0192. The van der Waals surface area contributed by atoms with Gasteiger partial charge < -0.3 is 10.2 Å². The van der Waals surface area contributed by atoms with Crippen molar-refractivity contribution in [3.8, 4) is 5.75 Å². The maximum atomic E-state index is 12.1. The first-order chi connectivity index (χ1) is 9.61. The number of carbonyl (C=O) groups is 1. The molecular formula is C11H13NO7S2. The van der Waals surface area contributed by atoms with Crippen LogP contribution in [-0.4, -0.2) is 49.8 Å². The maximum absolute atomic E-state index is 12.1. The number of sulfonamides is 1. The van der Waals surface area contributed by atoms with Crippen LogP contribution in [0.1, 0.15) is 16.8 Å². The Hall–Kier alpha value is -1.81. The third-order valence-electron chi connectivity index (χ3n) is 3.12. The van der Waals surface area contributed by atoms with Gasteiger partial charge in [0.2, 0.25) is 10.0 Å². The number of nitrogens with one attached hydrogen (secondary N) is 1. The van der Waals surface area contributed by atoms with E-state index in [0.29, 0.717) is 0 Å². The monoisotopic (exact) mass is 335 g/mol. The van der Waals surface area contributed by atoms with Crippen molar-refractivity contribution in [2.45, 2.75) is 11.7 Å². The standard InChI is InChI=1S/C11H13NO7S2/c13-7-1-2-10(9(5-7)11(14)15)12-21(18,19)8-3-4-20(16,17)6-8/h1-2,5,8,12-13H,3-4,6H2,(H,14,15). The molecule has 1 atom stereocenters. The molecule has 10 heteroatoms. The summed E-state index contributed by atoms with van der Waals surface area (Å²) in [6.45, 7) is 0. The molecule has 2 rings (SSSR count). The van der Waals surface area contributed by atoms with Crippen LogP contribution in [0, 0.1) is 0 Å². The van der Waals surface area contributed by atoms with Gasteiger partial charge >= 0.3 is 5.97 Å². The molecule has 1 saturated heterocycles. The number of hydrogen-bond acceptors (Lipinski definition) is 6. The molecule has 1 aliphatic rings. The highest BCUT2D eigenvalue weighted by Crippen LogP contribution is 2.26. The summed E-state index contributed by atoms with van der Waals surface area (Å²) in [5.41, 5.74) is -0.635. The minimum Gasteiger partial charge on any atom is -0.508 e. The van der Waals surface area contributed by atoms with Crippen LogP contribution in [0.2, 0.25) is 0 Å². The summed E-state index contributed by atoms with van der Waals surface area (Å²) in [6, 6.07) is 3.15. The normalized spacial score (nSPS) is 21.0. The summed E-state index contributed by atoms with van der Waals surface area (Å²) >= 11 is 0. The van der Waals surface area contributed by atoms with Gasteiger partial charge in [-0.25, -0.2) is 21.6 Å². The molecule has 1 heterocycles. The molecule has 0 spiro atoms. The summed E-state index contributed by atoms with van der Waals surface area (Å²) in [4.78, 5) is 11.0. The van der Waals surface area contributed by atoms with Crippen molar-refractivity contribution in [1.29, 1.82) is 0 Å². The minimum absolute atomic E-state index is 0.0296. The Labute approximate surface area is 121 Å². The lowest BCUT2D eigenvalue weighted by atomic mass is 10.2. The van der Waals surface area contributed by atoms with Crippen molar-refractivity contribution in [3.63, 3.8) is 0 Å². The fourth-order valence-electron chi connectivity index (χ4n) is 2.04. The van der Waals surface area contributed by atoms with E-state index in [9.17, 15) is 26.7 Å². The number of phenols is 1. The average Bonchev–Trinajstić information content (AvgIpc) is 2.72. The van der Waals surface area contributed by atoms with Crippen molar-refractivity contribution in [1.82, 2.24) is 0 Å². The quantitative estimate of drug-likeness (QED) is 0.659. The predicted molar refractivity (Wildman–Crippen MR) is 74.7 cm³/mol. The number of carboxylic acids is 1. The largest absolute Gasteiger partial charge is 0.508 e. The molecule has 1 aliphatic heterocycles. The van der Waals surface area contributed by atoms with Gasteiger partial charge in [-0.2, -0.15) is 0 Å². The third kappa shape index (κ3) is 3.45. The molecule has 0 bridgehead atoms. The molecule has 0 radical (unpaired) electrons. The van der Waals surface area contributed by atoms with E-state index in [1.165, 1.54) is 0 Å². The highest BCUT2D eigenvalue weighted by atomic mass is 32.2. The number of hydrogen-bond donors (Lipinski definition) is 3. The van der Waals surface area contributed by atoms with E-state index in [2.05, 4.69) is 4.72 Å². The average molecular weight is 335 g/mol. The molecule has 3 N–H and O–H groups in total. The van der Waals surface area contributed by atoms with Crippen molar-refractivity contribution >= 4 is 31.5 Å². The zero-order valence-electron chi connectivity index (χ0n) is 10.7. The number of anilines is 1. The Bertz CT molecular complexity index is 783. The smallest absolute Gasteiger partial charge is 0.337 e. The number of carboxylic acid groups (broad SMARTS) is 1. The molecule has 1 fully saturated rings. The molecule has 0 aliphatic carbocycles. The van der Waals surface area contributed by atoms with Gasteiger partial charge in [-0.15, -0.1) is 0 Å². The van der Waals surface area contributed by atoms with Crippen LogP contribution in [0.25, 0.3) is 0 Å². The Morgan fingerprint density at radius 3 is 2.52 bits per heavy atom. The van der Waals surface area contributed by atoms with Gasteiger partial charge in [0.05, 0.1) is 28.0 Å². The van der Waals surface area contributed by atoms with Gasteiger partial charge in [0, 0.05) is 0 Å². The minimum atomic E-state index is -4.03. The van der Waals surface area contributed by atoms with Gasteiger partial charge in [0.1, 0.15) is 5.75 Å². The van der Waals surface area contributed by atoms with Gasteiger partial charge in [0.15, 0.2) is 9.84 Å². The molecule has 8 nitrogen and oxygen atoms in total. The van der Waals surface area contributed by atoms with Crippen LogP contribution in [0.4, 0.5) is 5.69 Å². The summed E-state index contributed by atoms with van der Waals surface area (Å²) in [5.74, 6) is -2.43. The van der Waals surface area contributed by atoms with E-state index in [1.54, 1.807) is 0 Å². The van der Waals surface area contributed by atoms with Crippen LogP contribution >= 0.6 is 0 Å². The maximum Gasteiger partial charge on any atom is 0.337 e. The van der Waals surface area contributed by atoms with Crippen molar-refractivity contribution in [2.24, 2.45) is 0 Å². The molecule has 0 aromatic heterocycles. The third-order valence-corrected chi connectivity index (χ3v) is 6.88. The molecule has 1 unspecified atom stereocenters. The van der Waals surface area contributed by atoms with Crippen LogP contribution in [0.3, 0.4) is 0 Å². The number of aromatic carboxylic acids is 1. The molecule has 116 valence electrons. The van der Waals surface area contributed by atoms with Crippen LogP contribution in [-0.2, 0) is 19.9 Å². The summed E-state index contributed by atoms with van der Waals surface area (Å²) in [7, 11) is -7.41. The van der Waals surface area contributed by atoms with Gasteiger partial charge in [-0.3, -0.25) is 4.72 Å². The van der Waals surface area contributed by atoms with Crippen LogP contribution in [0.5, 0.6) is 5.75 Å². The van der Waals surface area contributed by atoms with E-state index < -0.39 is 42.4 Å². The van der Waals surface area contributed by atoms with E-state index in [-0.39, 0.29) is 23.6 Å². The molecule has 1 aromatic rings. The van der Waals surface area contributed by atoms with Crippen LogP contribution in [0.15, 0.2) is 18.2 Å². The fraction of sp³-hybridized carbons (Fsp3) is 0.364. The van der Waals surface area contributed by atoms with E-state index in [1.807, 2.05) is 0 Å². The van der Waals surface area contributed by atoms with Crippen molar-refractivity contribution in [3.05, 3.63) is 23.8 Å². The lowest BCUT2D eigenvalue weighted by molar-refractivity contribution is 0.0697. The second-order valence-corrected chi connectivity index (χ2v) is 8.90. The zero-order valence-corrected chi connectivity index (χ0v) is 12.3. The summed E-state index contributed by atoms with van der Waals surface area (Å²) in [6.07, 6.45) is -0.0296. The Kier molecular flexibility index (Phi) is 3.85. The van der Waals surface area contributed by atoms with Crippen molar-refractivity contribution < 1.29 is 31.8 Å². The molecule has 1 aromatic carbocycles. The van der Waals surface area contributed by atoms with E-state index in [0.717, 1.165) is 18.2 Å². The molecule has 21 heavy (non-hydrogen) atoms. The van der Waals surface area contributed by atoms with Gasteiger partial charge in [-0.05, 0) is 24.6 Å². The second kappa shape index (κ2) is 5.19. The summed E-state index contributed by atoms with van der Waals surface area (Å²) < 4.78 is 49.0. The Balaban J connectivity index is 2.32. The van der Waals surface area contributed by atoms with E-state index in [4.69, 9.17) is 5.11 Å². The number of sulfone groups is 1. The van der Waals surface area contributed by atoms with Gasteiger partial charge in [0.25, 0.3) is 0 Å². The Morgan fingerprint density at radius 1 is 1.33 bits per heavy atom. The van der Waals surface area contributed by atoms with E-state index >= 15 is 0 Å². The van der Waals surface area contributed by atoms with Gasteiger partial charge in [-0.1, -0.05) is 0 Å². The topological polar surface area (TPSA) is 138 Å². The van der Waals surface area contributed by atoms with Crippen LogP contribution < -0.4 is 4.72 Å². The molecular weight excluding hydrogens is 322 g/mol. The van der Waals surface area contributed by atoms with Crippen molar-refractivity contribution in [2.75, 3.05) is 16.2 Å². The lowest BCUT2D eigenvalue weighted by Gasteiger charge is -2.14. The zero-order chi connectivity index (χ0) is 15.8. The second-order valence-electron chi connectivity index (χ2n) is 4.71. The molecule has 0 amide bonds. The fourth-order valence-corrected chi connectivity index (χ4v) is 6.15. The Morgan fingerprint density at radius 2 is 2.00 bits per heavy atom. The molecule has 0 saturated carbocycles. The highest BCUT2D eigenvalue weighted by Gasteiger charge is 2.37. The number of rotatable bonds is 4. The summed E-state index contributed by atoms with van der Waals surface area (Å²) in [5, 5.41) is 17.1. The lowest BCUT2D eigenvalue weighted by Crippen LogP contribution is -2.29. The highest BCUT2D eigenvalue weighted by molar-refractivity contribution is 7.97. The SMILES string of the molecule is O=C(O)c1cc(O)ccc1NS(=O)(=O)C1CCS(=O)(=O)C1. The first-order valence-corrected chi connectivity index (χ1v) is 9.26. The number of benzene rings is 1. The number of phenolic OH excluding ortho intramolecular Hbond substituents is 1.